The topological polar surface area (TPSA) is 92.3 Å². The van der Waals surface area contributed by atoms with Crippen molar-refractivity contribution in [1.29, 1.82) is 0 Å². The summed E-state index contributed by atoms with van der Waals surface area (Å²) in [6, 6.07) is 6.94. The average molecular weight is 458 g/mol. The Bertz CT molecular complexity index is 1180. The minimum absolute atomic E-state index is 0.330. The Morgan fingerprint density at radius 1 is 1.18 bits per heavy atom. The molecule has 8 nitrogen and oxygen atoms in total. The van der Waals surface area contributed by atoms with Gasteiger partial charge >= 0.3 is 6.36 Å². The quantitative estimate of drug-likeness (QED) is 0.567. The molecule has 3 aromatic rings. The predicted molar refractivity (Wildman–Crippen MR) is 118 cm³/mol. The van der Waals surface area contributed by atoms with Crippen molar-refractivity contribution >= 4 is 34.7 Å². The summed E-state index contributed by atoms with van der Waals surface area (Å²) in [5.74, 6) is -0.104. The summed E-state index contributed by atoms with van der Waals surface area (Å²) >= 11 is 0. The zero-order valence-electron chi connectivity index (χ0n) is 17.7. The van der Waals surface area contributed by atoms with E-state index in [4.69, 9.17) is 0 Å². The number of nitrogens with zero attached hydrogens (tertiary/aromatic N) is 4. The first-order valence-electron chi connectivity index (χ1n) is 10.2. The van der Waals surface area contributed by atoms with Gasteiger partial charge in [-0.25, -0.2) is 9.97 Å². The molecule has 172 valence electrons. The molecular weight excluding hydrogens is 437 g/mol. The number of aromatic nitrogens is 3. The molecule has 0 spiro atoms. The second kappa shape index (κ2) is 9.41. The SMILES string of the molecule is Cc1nc(N2CCNCC2)nc2ncc(NC(=O)/C=C/c3ccc(OC(F)(F)F)cc3)cc12. The van der Waals surface area contributed by atoms with Gasteiger partial charge in [-0.05, 0) is 36.8 Å². The summed E-state index contributed by atoms with van der Waals surface area (Å²) in [4.78, 5) is 27.9. The summed E-state index contributed by atoms with van der Waals surface area (Å²) < 4.78 is 40.5. The summed E-state index contributed by atoms with van der Waals surface area (Å²) in [5, 5.41) is 6.74. The Labute approximate surface area is 187 Å². The second-order valence-corrected chi connectivity index (χ2v) is 7.38. The fourth-order valence-corrected chi connectivity index (χ4v) is 3.35. The Morgan fingerprint density at radius 2 is 1.91 bits per heavy atom. The number of fused-ring (bicyclic) bond motifs is 1. The number of carbonyl (C=O) groups is 1. The molecule has 0 atom stereocenters. The number of anilines is 2. The van der Waals surface area contributed by atoms with Crippen LogP contribution in [-0.2, 0) is 4.79 Å². The number of benzene rings is 1. The van der Waals surface area contributed by atoms with E-state index in [-0.39, 0.29) is 5.75 Å². The van der Waals surface area contributed by atoms with Crippen LogP contribution in [0, 0.1) is 6.92 Å². The maximum absolute atomic E-state index is 12.3. The van der Waals surface area contributed by atoms with Crippen LogP contribution < -0.4 is 20.3 Å². The molecule has 0 unspecified atom stereocenters. The van der Waals surface area contributed by atoms with Gasteiger partial charge in [0, 0.05) is 37.6 Å². The van der Waals surface area contributed by atoms with E-state index in [9.17, 15) is 18.0 Å². The van der Waals surface area contributed by atoms with Crippen molar-refractivity contribution in [2.45, 2.75) is 13.3 Å². The van der Waals surface area contributed by atoms with Gasteiger partial charge in [-0.2, -0.15) is 4.98 Å². The lowest BCUT2D eigenvalue weighted by atomic mass is 10.2. The molecule has 1 aromatic carbocycles. The Hall–Kier alpha value is -3.73. The molecule has 1 fully saturated rings. The normalized spacial score (nSPS) is 14.6. The van der Waals surface area contributed by atoms with Crippen LogP contribution in [-0.4, -0.2) is 53.4 Å². The van der Waals surface area contributed by atoms with Crippen LogP contribution in [0.1, 0.15) is 11.3 Å². The van der Waals surface area contributed by atoms with Gasteiger partial charge in [0.15, 0.2) is 5.65 Å². The third-order valence-corrected chi connectivity index (χ3v) is 4.94. The van der Waals surface area contributed by atoms with Gasteiger partial charge < -0.3 is 20.3 Å². The third-order valence-electron chi connectivity index (χ3n) is 4.94. The van der Waals surface area contributed by atoms with Crippen LogP contribution in [0.4, 0.5) is 24.8 Å². The standard InChI is InChI=1S/C22H21F3N6O2/c1-14-18-12-16(13-27-20(18)30-21(28-14)31-10-8-26-9-11-31)29-19(32)7-4-15-2-5-17(6-3-15)33-22(23,24)25/h2-7,12-13,26H,8-11H2,1H3,(H,29,32)/b7-4+. The van der Waals surface area contributed by atoms with Gasteiger partial charge in [-0.1, -0.05) is 12.1 Å². The van der Waals surface area contributed by atoms with E-state index in [0.717, 1.165) is 37.3 Å². The molecule has 1 aliphatic rings. The Kier molecular flexibility index (Phi) is 6.40. The molecular formula is C22H21F3N6O2. The second-order valence-electron chi connectivity index (χ2n) is 7.38. The zero-order chi connectivity index (χ0) is 23.4. The fourth-order valence-electron chi connectivity index (χ4n) is 3.35. The van der Waals surface area contributed by atoms with E-state index in [1.165, 1.54) is 42.6 Å². The number of rotatable bonds is 5. The predicted octanol–water partition coefficient (Wildman–Crippen LogP) is 3.29. The number of nitrogens with one attached hydrogen (secondary N) is 2. The number of hydrogen-bond acceptors (Lipinski definition) is 7. The van der Waals surface area contributed by atoms with Crippen LogP contribution in [0.3, 0.4) is 0 Å². The Balaban J connectivity index is 1.42. The highest BCUT2D eigenvalue weighted by Gasteiger charge is 2.30. The minimum Gasteiger partial charge on any atom is -0.406 e. The molecule has 0 aliphatic carbocycles. The van der Waals surface area contributed by atoms with Crippen molar-refractivity contribution in [1.82, 2.24) is 20.3 Å². The van der Waals surface area contributed by atoms with Crippen LogP contribution in [0.5, 0.6) is 5.75 Å². The number of aryl methyl sites for hydroxylation is 1. The highest BCUT2D eigenvalue weighted by Crippen LogP contribution is 2.23. The lowest BCUT2D eigenvalue weighted by Gasteiger charge is -2.27. The van der Waals surface area contributed by atoms with Crippen molar-refractivity contribution in [2.75, 3.05) is 36.4 Å². The maximum Gasteiger partial charge on any atom is 0.573 e. The van der Waals surface area contributed by atoms with Gasteiger partial charge in [-0.15, -0.1) is 13.2 Å². The van der Waals surface area contributed by atoms with Gasteiger partial charge in [0.25, 0.3) is 0 Å². The number of halogens is 3. The lowest BCUT2D eigenvalue weighted by Crippen LogP contribution is -2.44. The maximum atomic E-state index is 12.3. The molecule has 0 radical (unpaired) electrons. The van der Waals surface area contributed by atoms with Crippen molar-refractivity contribution in [2.24, 2.45) is 0 Å². The molecule has 1 aliphatic heterocycles. The third kappa shape index (κ3) is 5.95. The first-order valence-corrected chi connectivity index (χ1v) is 10.2. The Morgan fingerprint density at radius 3 is 2.61 bits per heavy atom. The summed E-state index contributed by atoms with van der Waals surface area (Å²) in [7, 11) is 0. The molecule has 0 bridgehead atoms. The van der Waals surface area contributed by atoms with E-state index >= 15 is 0 Å². The van der Waals surface area contributed by atoms with Crippen LogP contribution in [0.15, 0.2) is 42.6 Å². The van der Waals surface area contributed by atoms with E-state index in [1.54, 1.807) is 6.07 Å². The molecule has 1 amide bonds. The van der Waals surface area contributed by atoms with Gasteiger partial charge in [0.05, 0.1) is 17.6 Å². The molecule has 4 rings (SSSR count). The lowest BCUT2D eigenvalue weighted by molar-refractivity contribution is -0.274. The number of piperazine rings is 1. The van der Waals surface area contributed by atoms with Crippen molar-refractivity contribution in [3.63, 3.8) is 0 Å². The smallest absolute Gasteiger partial charge is 0.406 e. The van der Waals surface area contributed by atoms with Crippen LogP contribution >= 0.6 is 0 Å². The molecule has 11 heteroatoms. The number of carbonyl (C=O) groups excluding carboxylic acids is 1. The fraction of sp³-hybridized carbons (Fsp3) is 0.273. The highest BCUT2D eigenvalue weighted by atomic mass is 19.4. The highest BCUT2D eigenvalue weighted by molar-refractivity contribution is 6.02. The van der Waals surface area contributed by atoms with E-state index in [1.807, 2.05) is 6.92 Å². The van der Waals surface area contributed by atoms with Gasteiger partial charge in [-0.3, -0.25) is 4.79 Å². The van der Waals surface area contributed by atoms with Crippen molar-refractivity contribution in [3.8, 4) is 5.75 Å². The zero-order valence-corrected chi connectivity index (χ0v) is 17.7. The summed E-state index contributed by atoms with van der Waals surface area (Å²) in [6.45, 7) is 5.26. The molecule has 2 N–H and O–H groups in total. The molecule has 1 saturated heterocycles. The summed E-state index contributed by atoms with van der Waals surface area (Å²) in [6.07, 6.45) is -0.470. The monoisotopic (exact) mass is 458 g/mol. The largest absolute Gasteiger partial charge is 0.573 e. The first-order chi connectivity index (χ1) is 15.8. The summed E-state index contributed by atoms with van der Waals surface area (Å²) in [5.41, 5.74) is 2.33. The molecule has 0 saturated carbocycles. The number of ether oxygens (including phenoxy) is 1. The first kappa shape index (κ1) is 22.5. The van der Waals surface area contributed by atoms with E-state index in [2.05, 4.69) is 35.2 Å². The van der Waals surface area contributed by atoms with Crippen molar-refractivity contribution < 1.29 is 22.7 Å². The van der Waals surface area contributed by atoms with Crippen LogP contribution in [0.2, 0.25) is 0 Å². The van der Waals surface area contributed by atoms with E-state index < -0.39 is 12.3 Å². The molecule has 2 aromatic heterocycles. The number of pyridine rings is 1. The number of hydrogen-bond donors (Lipinski definition) is 2. The van der Waals surface area contributed by atoms with Gasteiger partial charge in [0.1, 0.15) is 5.75 Å². The average Bonchev–Trinajstić information content (AvgIpc) is 2.78. The number of amides is 1. The minimum atomic E-state index is -4.75. The number of alkyl halides is 3. The van der Waals surface area contributed by atoms with Gasteiger partial charge in [0.2, 0.25) is 11.9 Å². The van der Waals surface area contributed by atoms with Crippen LogP contribution in [0.25, 0.3) is 17.1 Å². The van der Waals surface area contributed by atoms with Crippen molar-refractivity contribution in [3.05, 3.63) is 53.9 Å². The molecule has 3 heterocycles. The molecule has 33 heavy (non-hydrogen) atoms. The van der Waals surface area contributed by atoms with E-state index in [0.29, 0.717) is 22.8 Å².